The number of halogens is 2. The highest BCUT2D eigenvalue weighted by molar-refractivity contribution is 6.34. The van der Waals surface area contributed by atoms with Crippen molar-refractivity contribution in [3.05, 3.63) is 47.0 Å². The average molecular weight is 363 g/mol. The van der Waals surface area contributed by atoms with Gasteiger partial charge in [-0.25, -0.2) is 9.37 Å². The highest BCUT2D eigenvalue weighted by Crippen LogP contribution is 2.40. The molecule has 2 N–H and O–H groups in total. The molecule has 0 atom stereocenters. The molecule has 0 spiro atoms. The van der Waals surface area contributed by atoms with E-state index in [0.717, 1.165) is 16.5 Å². The predicted octanol–water partition coefficient (Wildman–Crippen LogP) is 4.02. The number of ether oxygens (including phenoxy) is 2. The molecule has 0 aliphatic carbocycles. The third-order valence-electron chi connectivity index (χ3n) is 3.84. The third-order valence-corrected chi connectivity index (χ3v) is 4.21. The lowest BCUT2D eigenvalue weighted by Gasteiger charge is -2.16. The Morgan fingerprint density at radius 3 is 2.76 bits per heavy atom. The number of fused-ring (bicyclic) bond motifs is 1. The Morgan fingerprint density at radius 1 is 1.32 bits per heavy atom. The quantitative estimate of drug-likeness (QED) is 0.693. The Kier molecular flexibility index (Phi) is 4.76. The van der Waals surface area contributed by atoms with E-state index in [1.54, 1.807) is 18.5 Å². The molecule has 0 saturated carbocycles. The fraction of sp³-hybridized carbons (Fsp3) is 0.176. The average Bonchev–Trinajstić information content (AvgIpc) is 3.10. The number of methoxy groups -OCH3 is 2. The Balaban J connectivity index is 1.98. The highest BCUT2D eigenvalue weighted by Gasteiger charge is 2.19. The molecule has 2 heterocycles. The van der Waals surface area contributed by atoms with Crippen molar-refractivity contribution in [3.63, 3.8) is 0 Å². The van der Waals surface area contributed by atoms with Crippen LogP contribution < -0.4 is 14.8 Å². The van der Waals surface area contributed by atoms with E-state index in [4.69, 9.17) is 21.1 Å². The van der Waals surface area contributed by atoms with Gasteiger partial charge in [-0.2, -0.15) is 5.10 Å². The first-order chi connectivity index (χ1) is 12.1. The first kappa shape index (κ1) is 17.0. The number of pyridine rings is 1. The molecule has 3 aromatic rings. The summed E-state index contributed by atoms with van der Waals surface area (Å²) >= 11 is 6.23. The number of rotatable bonds is 6. The lowest BCUT2D eigenvalue weighted by Crippen LogP contribution is -2.06. The zero-order valence-electron chi connectivity index (χ0n) is 13.7. The molecule has 0 aliphatic heterocycles. The van der Waals surface area contributed by atoms with Crippen molar-refractivity contribution in [2.24, 2.45) is 0 Å². The molecule has 0 amide bonds. The van der Waals surface area contributed by atoms with Crippen LogP contribution in [0.1, 0.15) is 11.1 Å². The van der Waals surface area contributed by atoms with Gasteiger partial charge in [0.15, 0.2) is 17.2 Å². The van der Waals surface area contributed by atoms with Crippen LogP contribution in [0.25, 0.3) is 17.1 Å². The van der Waals surface area contributed by atoms with E-state index < -0.39 is 5.82 Å². The molecule has 0 saturated heterocycles. The van der Waals surface area contributed by atoms with E-state index in [9.17, 15) is 4.39 Å². The van der Waals surface area contributed by atoms with Gasteiger partial charge in [-0.1, -0.05) is 24.3 Å². The van der Waals surface area contributed by atoms with Crippen LogP contribution in [0.15, 0.2) is 25.0 Å². The van der Waals surface area contributed by atoms with Gasteiger partial charge in [0.1, 0.15) is 10.8 Å². The van der Waals surface area contributed by atoms with Crippen molar-refractivity contribution in [3.8, 4) is 11.5 Å². The maximum Gasteiger partial charge on any atom is 0.189 e. The van der Waals surface area contributed by atoms with E-state index in [2.05, 4.69) is 27.1 Å². The number of hydrogen-bond acceptors (Lipinski definition) is 5. The number of nitrogens with one attached hydrogen (secondary N) is 2. The molecule has 2 aromatic heterocycles. The number of hydrogen-bond donors (Lipinski definition) is 2. The minimum absolute atomic E-state index is 0.0381. The second-order valence-electron chi connectivity index (χ2n) is 5.17. The van der Waals surface area contributed by atoms with Crippen LogP contribution in [0, 0.1) is 5.82 Å². The largest absolute Gasteiger partial charge is 0.495 e. The lowest BCUT2D eigenvalue weighted by atomic mass is 10.1. The minimum atomic E-state index is -0.592. The van der Waals surface area contributed by atoms with Gasteiger partial charge in [0, 0.05) is 24.2 Å². The van der Waals surface area contributed by atoms with Gasteiger partial charge in [-0.3, -0.25) is 5.10 Å². The van der Waals surface area contributed by atoms with E-state index in [0.29, 0.717) is 11.4 Å². The van der Waals surface area contributed by atoms with Gasteiger partial charge in [-0.15, -0.1) is 0 Å². The Bertz CT molecular complexity index is 914. The second-order valence-corrected chi connectivity index (χ2v) is 5.55. The molecule has 8 heteroatoms. The zero-order valence-corrected chi connectivity index (χ0v) is 14.4. The summed E-state index contributed by atoms with van der Waals surface area (Å²) in [5.41, 5.74) is 2.44. The molecule has 0 radical (unpaired) electrons. The monoisotopic (exact) mass is 362 g/mol. The first-order valence-corrected chi connectivity index (χ1v) is 7.75. The molecule has 0 unspecified atom stereocenters. The van der Waals surface area contributed by atoms with E-state index in [1.165, 1.54) is 20.3 Å². The predicted molar refractivity (Wildman–Crippen MR) is 95.8 cm³/mol. The van der Waals surface area contributed by atoms with Gasteiger partial charge < -0.3 is 14.8 Å². The van der Waals surface area contributed by atoms with Crippen molar-refractivity contribution >= 4 is 34.4 Å². The van der Waals surface area contributed by atoms with Gasteiger partial charge >= 0.3 is 0 Å². The number of aromatic nitrogens is 3. The SMILES string of the molecule is C=Cc1c(CNc2c(F)c(OC)cc(OC)c2Cl)cnc2[nH]ncc12. The minimum Gasteiger partial charge on any atom is -0.495 e. The van der Waals surface area contributed by atoms with E-state index >= 15 is 0 Å². The van der Waals surface area contributed by atoms with Crippen LogP contribution >= 0.6 is 11.6 Å². The molecule has 25 heavy (non-hydrogen) atoms. The van der Waals surface area contributed by atoms with Crippen LogP contribution in [0.2, 0.25) is 5.02 Å². The maximum atomic E-state index is 14.6. The van der Waals surface area contributed by atoms with Crippen LogP contribution in [-0.4, -0.2) is 29.4 Å². The Labute approximate surface area is 148 Å². The Morgan fingerprint density at radius 2 is 2.08 bits per heavy atom. The summed E-state index contributed by atoms with van der Waals surface area (Å²) < 4.78 is 24.8. The summed E-state index contributed by atoms with van der Waals surface area (Å²) in [6.45, 7) is 4.11. The topological polar surface area (TPSA) is 72.1 Å². The fourth-order valence-corrected chi connectivity index (χ4v) is 2.85. The summed E-state index contributed by atoms with van der Waals surface area (Å²) in [5, 5.41) is 10.7. The standard InChI is InChI=1S/C17H16ClFN4O2/c1-4-10-9(7-21-17-11(10)8-22-23-17)6-20-16-14(18)12(24-2)5-13(25-3)15(16)19/h4-5,7-8,20H,1,6H2,2-3H3,(H,21,22,23). The molecule has 0 fully saturated rings. The van der Waals surface area contributed by atoms with Gasteiger partial charge in [0.05, 0.1) is 26.1 Å². The third kappa shape index (κ3) is 2.98. The van der Waals surface area contributed by atoms with Crippen molar-refractivity contribution in [2.75, 3.05) is 19.5 Å². The van der Waals surface area contributed by atoms with Crippen molar-refractivity contribution in [1.29, 1.82) is 0 Å². The number of aromatic amines is 1. The first-order valence-electron chi connectivity index (χ1n) is 7.38. The summed E-state index contributed by atoms with van der Waals surface area (Å²) in [5.74, 6) is -0.239. The molecule has 3 rings (SSSR count). The molecule has 0 aliphatic rings. The van der Waals surface area contributed by atoms with Gasteiger partial charge in [0.25, 0.3) is 0 Å². The van der Waals surface area contributed by atoms with Gasteiger partial charge in [0.2, 0.25) is 0 Å². The van der Waals surface area contributed by atoms with Crippen LogP contribution in [0.3, 0.4) is 0 Å². The molecular formula is C17H16ClFN4O2. The van der Waals surface area contributed by atoms with Crippen molar-refractivity contribution in [1.82, 2.24) is 15.2 Å². The summed E-state index contributed by atoms with van der Waals surface area (Å²) in [6, 6.07) is 1.40. The number of H-pyrrole nitrogens is 1. The highest BCUT2D eigenvalue weighted by atomic mass is 35.5. The van der Waals surface area contributed by atoms with E-state index in [-0.39, 0.29) is 23.0 Å². The normalized spacial score (nSPS) is 10.7. The molecular weight excluding hydrogens is 347 g/mol. The maximum absolute atomic E-state index is 14.6. The van der Waals surface area contributed by atoms with Crippen LogP contribution in [0.4, 0.5) is 10.1 Å². The number of benzene rings is 1. The fourth-order valence-electron chi connectivity index (χ4n) is 2.57. The molecule has 1 aromatic carbocycles. The van der Waals surface area contributed by atoms with Gasteiger partial charge in [-0.05, 0) is 11.1 Å². The van der Waals surface area contributed by atoms with Crippen molar-refractivity contribution in [2.45, 2.75) is 6.54 Å². The van der Waals surface area contributed by atoms with Crippen LogP contribution in [-0.2, 0) is 6.54 Å². The zero-order chi connectivity index (χ0) is 18.0. The number of nitrogens with zero attached hydrogens (tertiary/aromatic N) is 2. The lowest BCUT2D eigenvalue weighted by molar-refractivity contribution is 0.375. The van der Waals surface area contributed by atoms with Crippen molar-refractivity contribution < 1.29 is 13.9 Å². The molecule has 6 nitrogen and oxygen atoms in total. The summed E-state index contributed by atoms with van der Waals surface area (Å²) in [6.07, 6.45) is 5.05. The van der Waals surface area contributed by atoms with Crippen LogP contribution in [0.5, 0.6) is 11.5 Å². The summed E-state index contributed by atoms with van der Waals surface area (Å²) in [4.78, 5) is 4.29. The second kappa shape index (κ2) is 6.98. The smallest absolute Gasteiger partial charge is 0.189 e. The summed E-state index contributed by atoms with van der Waals surface area (Å²) in [7, 11) is 2.83. The number of anilines is 1. The molecule has 130 valence electrons. The molecule has 0 bridgehead atoms. The Hall–Kier alpha value is -2.80. The van der Waals surface area contributed by atoms with E-state index in [1.807, 2.05) is 0 Å².